The summed E-state index contributed by atoms with van der Waals surface area (Å²) in [6.07, 6.45) is 1.91. The van der Waals surface area contributed by atoms with E-state index in [4.69, 9.17) is 10.4 Å². The molecule has 33 nitrogen and oxygen atoms in total. The van der Waals surface area contributed by atoms with Crippen LogP contribution in [-0.2, 0) is 67.1 Å². The number of ether oxygens (including phenoxy) is 1. The van der Waals surface area contributed by atoms with Crippen molar-refractivity contribution in [2.24, 2.45) is 22.9 Å². The van der Waals surface area contributed by atoms with Crippen LogP contribution in [0.2, 0.25) is 5.65 Å². The summed E-state index contributed by atoms with van der Waals surface area (Å²) in [5, 5.41) is 38.9. The first-order valence-corrected chi connectivity index (χ1v) is 25.4. The lowest BCUT2D eigenvalue weighted by atomic mass is 10.1. The van der Waals surface area contributed by atoms with Crippen LogP contribution in [-0.4, -0.2) is 247 Å². The van der Waals surface area contributed by atoms with E-state index in [1.807, 2.05) is 34.4 Å². The van der Waals surface area contributed by atoms with Crippen molar-refractivity contribution in [2.45, 2.75) is 89.4 Å². The Hall–Kier alpha value is -6.66. The van der Waals surface area contributed by atoms with Crippen LogP contribution < -0.4 is 103 Å². The number of nitrogens with two attached hydrogens (primary N) is 4. The smallest absolute Gasteiger partial charge is 0.241 e. The Bertz CT molecular complexity index is 1780. The number of rotatable bonds is 32. The van der Waals surface area contributed by atoms with E-state index >= 15 is 0 Å². The molecule has 0 heterocycles. The van der Waals surface area contributed by atoms with E-state index in [-0.39, 0.29) is 68.8 Å². The second-order valence-corrected chi connectivity index (χ2v) is 17.1. The molecule has 12 amide bonds. The monoisotopic (exact) mass is 1170 g/mol. The molecule has 0 unspecified atom stereocenters. The Kier molecular flexibility index (Phi) is 50.3. The first kappa shape index (κ1) is 74.4. The van der Waals surface area contributed by atoms with Gasteiger partial charge < -0.3 is 107 Å². The number of ketones is 1. The Balaban J connectivity index is -0.000000230. The molecule has 0 aromatic heterocycles. The molecule has 79 heavy (non-hydrogen) atoms. The molecule has 0 fully saturated rings. The van der Waals surface area contributed by atoms with Crippen molar-refractivity contribution in [1.29, 1.82) is 0 Å². The SMILES string of the molecule is CNC.CNC.[3H]NC(=O)[C@H](CNC(=O)[C@H](CC(C)=O)NC)NC(C)=O.[3H]NC(=O)[C@H](CNC(=O)[C@H](CNC)NC)NC(C)=O.[3H]NC(=O)[C@H](CNC(=O)[C@H](COC)NC)NC(C)=O.[3H]NC(=O)[C@H](CNC(=O)[C@H](CSC)NC)NC(C)=O. The first-order chi connectivity index (χ1) is 39.0. The van der Waals surface area contributed by atoms with Crippen LogP contribution in [0.1, 0.15) is 41.0 Å². The van der Waals surface area contributed by atoms with Crippen molar-refractivity contribution in [3.8, 4) is 0 Å². The summed E-state index contributed by atoms with van der Waals surface area (Å²) in [5.41, 5.74) is 6.68. The molecule has 34 heteroatoms. The number of likely N-dealkylation sites (N-methyl/N-ethyl adjacent to an activating group) is 5. The minimum absolute atomic E-state index is 0.0256. The zero-order chi connectivity index (χ0) is 65.6. The number of carbonyl (C=O) groups excluding carboxylic acids is 13. The quantitative estimate of drug-likeness (QED) is 0.0297. The number of hydrogen-bond donors (Lipinski definition) is 19. The summed E-state index contributed by atoms with van der Waals surface area (Å²) in [6, 6.07) is -6.01. The number of primary amides is 4. The Morgan fingerprint density at radius 2 is 0.684 bits per heavy atom. The van der Waals surface area contributed by atoms with Crippen molar-refractivity contribution in [2.75, 3.05) is 122 Å². The van der Waals surface area contributed by atoms with Gasteiger partial charge in [0.25, 0.3) is 0 Å². The van der Waals surface area contributed by atoms with Crippen LogP contribution in [0.25, 0.3) is 0 Å². The van der Waals surface area contributed by atoms with Gasteiger partial charge >= 0.3 is 0 Å². The predicted octanol–water partition coefficient (Wildman–Crippen LogP) is -10.4. The summed E-state index contributed by atoms with van der Waals surface area (Å²) in [7, 11) is 17.1. The Morgan fingerprint density at radius 1 is 0.418 bits per heavy atom. The van der Waals surface area contributed by atoms with Crippen molar-refractivity contribution < 1.29 is 72.7 Å². The third-order valence-corrected chi connectivity index (χ3v) is 9.59. The van der Waals surface area contributed by atoms with E-state index in [0.29, 0.717) is 12.3 Å². The fourth-order valence-corrected chi connectivity index (χ4v) is 5.83. The molecule has 0 aliphatic heterocycles. The van der Waals surface area contributed by atoms with Crippen molar-refractivity contribution in [3.05, 3.63) is 0 Å². The molecule has 460 valence electrons. The minimum atomic E-state index is -1.04. The topological polar surface area (TPSA) is 516 Å². The highest BCUT2D eigenvalue weighted by molar-refractivity contribution is 7.98. The maximum absolute atomic E-state index is 11.8. The van der Waals surface area contributed by atoms with Gasteiger partial charge in [-0.3, -0.25) is 62.3 Å². The second-order valence-electron chi connectivity index (χ2n) is 16.2. The highest BCUT2D eigenvalue weighted by atomic mass is 32.2. The fourth-order valence-electron chi connectivity index (χ4n) is 5.18. The number of Topliss-reactive ketones (excluding diaryl/α,β-unsaturated/α-hetero) is 1. The summed E-state index contributed by atoms with van der Waals surface area (Å²) in [6.45, 7) is 6.54. The molecule has 23 N–H and O–H groups in total. The number of hydrogen-bond acceptors (Lipinski definition) is 22. The van der Waals surface area contributed by atoms with Crippen LogP contribution in [0.3, 0.4) is 0 Å². The van der Waals surface area contributed by atoms with Crippen LogP contribution >= 0.6 is 11.8 Å². The van der Waals surface area contributed by atoms with E-state index in [1.54, 1.807) is 51.1 Å². The molecule has 0 radical (unpaired) electrons. The van der Waals surface area contributed by atoms with Crippen molar-refractivity contribution >= 4 is 88.4 Å². The standard InChI is InChI=1S/C11H20N4O4.C10H21N5O3.C10H20N4O4.C10H20N4O3S.2C2H7N/c1-6(16)4-8(13-3)11(19)14-5-9(10(12)18)15-7(2)17;1-6(16)15-7(9(11)17)5-14-10(18)8(13-3)4-12-2;2*1-6(15)14-7(9(11)16)4-13-10(17)8(12-2)5-18-3;2*1-3-2/h8-9,13H,4-5H2,1-3H3,(H2,12,18)(H,14,19)(H,15,17);7-8,12-13H,4-5H2,1-3H3,(H2,11,17)(H,14,18)(H,15,16);2*7-8,12H,4-5H2,1-3H3,(H2,11,16)(H,13,17)(H,14,15);2*3H,1-2H3/t8-,9-;3*7-,8-;;/m0000../s1/i/hT4. The number of methoxy groups -OCH3 is 1. The lowest BCUT2D eigenvalue weighted by Gasteiger charge is -2.19. The number of amides is 12. The molecule has 0 aliphatic rings. The molecule has 0 saturated carbocycles. The summed E-state index contributed by atoms with van der Waals surface area (Å²) < 4.78 is 31.9. The number of carbonyl (C=O) groups is 13. The highest BCUT2D eigenvalue weighted by Gasteiger charge is 2.25. The van der Waals surface area contributed by atoms with Crippen molar-refractivity contribution in [3.63, 3.8) is 0 Å². The zero-order valence-electron chi connectivity index (χ0n) is 52.4. The van der Waals surface area contributed by atoms with Gasteiger partial charge in [-0.1, -0.05) is 0 Å². The van der Waals surface area contributed by atoms with Crippen molar-refractivity contribution in [1.82, 2.24) is 79.8 Å². The second kappa shape index (κ2) is 53.3. The Labute approximate surface area is 474 Å². The van der Waals surface area contributed by atoms with Gasteiger partial charge in [0.2, 0.25) is 70.9 Å². The molecular formula is C45H95N19O14S. The van der Waals surface area contributed by atoms with E-state index < -0.39 is 95.5 Å². The van der Waals surface area contributed by atoms with Gasteiger partial charge in [0.15, 0.2) is 5.65 Å². The highest BCUT2D eigenvalue weighted by Crippen LogP contribution is 1.97. The third-order valence-electron chi connectivity index (χ3n) is 8.92. The molecule has 8 atom stereocenters. The van der Waals surface area contributed by atoms with Gasteiger partial charge in [-0.15, -0.1) is 0 Å². The normalized spacial score (nSPS) is 13.4. The van der Waals surface area contributed by atoms with Gasteiger partial charge in [-0.2, -0.15) is 11.8 Å². The van der Waals surface area contributed by atoms with E-state index in [2.05, 4.69) is 79.8 Å². The zero-order valence-corrected chi connectivity index (χ0v) is 49.2. The summed E-state index contributed by atoms with van der Waals surface area (Å²) in [5.74, 6) is -5.46. The largest absolute Gasteiger partial charge is 0.383 e. The lowest BCUT2D eigenvalue weighted by Crippen LogP contribution is -2.54. The molecule has 0 aromatic rings. The van der Waals surface area contributed by atoms with Crippen LogP contribution in [0.5, 0.6) is 0 Å². The average Bonchev–Trinajstić information content (AvgIpc) is 3.44. The number of thioether (sulfide) groups is 1. The lowest BCUT2D eigenvalue weighted by molar-refractivity contribution is -0.128. The van der Waals surface area contributed by atoms with E-state index in [9.17, 15) is 62.3 Å². The van der Waals surface area contributed by atoms with E-state index in [0.717, 1.165) is 0 Å². The molecule has 0 rings (SSSR count). The predicted molar refractivity (Wildman–Crippen MR) is 300 cm³/mol. The van der Waals surface area contributed by atoms with E-state index in [1.165, 1.54) is 60.5 Å². The van der Waals surface area contributed by atoms with Crippen LogP contribution in [0.4, 0.5) is 0 Å². The van der Waals surface area contributed by atoms with Crippen LogP contribution in [0.15, 0.2) is 0 Å². The third kappa shape index (κ3) is 50.6. The number of nitrogens with one attached hydrogen (secondary N) is 15. The maximum atomic E-state index is 11.8. The first-order valence-electron chi connectivity index (χ1n) is 26.1. The van der Waals surface area contributed by atoms with Gasteiger partial charge in [-0.05, 0) is 76.6 Å². The molecule has 0 bridgehead atoms. The summed E-state index contributed by atoms with van der Waals surface area (Å²) in [4.78, 5) is 147. The molecule has 0 aromatic carbocycles. The van der Waals surface area contributed by atoms with Gasteiger partial charge in [0, 0.05) is 79.7 Å². The fraction of sp³-hybridized carbons (Fsp3) is 0.711. The maximum Gasteiger partial charge on any atom is 0.241 e. The molecule has 0 spiro atoms. The molecular weight excluding hydrogens is 1060 g/mol. The average molecular weight is 1170 g/mol. The van der Waals surface area contributed by atoms with Crippen LogP contribution in [0, 0.1) is 0 Å². The van der Waals surface area contributed by atoms with Gasteiger partial charge in [-0.25, -0.2) is 0 Å². The molecule has 0 saturated heterocycles. The Morgan fingerprint density at radius 3 is 0.899 bits per heavy atom. The van der Waals surface area contributed by atoms with Gasteiger partial charge in [0.1, 0.15) is 36.0 Å². The minimum Gasteiger partial charge on any atom is -0.383 e. The van der Waals surface area contributed by atoms with Gasteiger partial charge in [0.05, 0.1) is 24.7 Å². The molecule has 0 aliphatic carbocycles. The summed E-state index contributed by atoms with van der Waals surface area (Å²) >= 11 is 1.52.